The monoisotopic (exact) mass is 762 g/mol. The molecular weight excluding hydrogens is 731 g/mol. The quantitative estimate of drug-likeness (QED) is 0.183. The number of benzene rings is 3. The number of aromatic nitrogens is 8. The molecule has 6 heterocycles. The van der Waals surface area contributed by atoms with Crippen LogP contribution in [0, 0.1) is 11.6 Å². The van der Waals surface area contributed by atoms with E-state index in [1.807, 2.05) is 35.0 Å². The Hall–Kier alpha value is -6.55. The first-order chi connectivity index (χ1) is 26.6. The van der Waals surface area contributed by atoms with Gasteiger partial charge in [0, 0.05) is 44.8 Å². The Morgan fingerprint density at radius 2 is 1.07 bits per heavy atom. The maximum Gasteiger partial charge on any atom is 0.322 e. The summed E-state index contributed by atoms with van der Waals surface area (Å²) in [4.78, 5) is 42.7. The first-order valence-electron chi connectivity index (χ1n) is 17.4. The van der Waals surface area contributed by atoms with Crippen molar-refractivity contribution in [2.45, 2.75) is 44.2 Å². The number of halogens is 2. The molecule has 0 unspecified atom stereocenters. The van der Waals surface area contributed by atoms with Crippen molar-refractivity contribution in [3.8, 4) is 56.8 Å². The highest BCUT2D eigenvalue weighted by atomic mass is 32.2. The van der Waals surface area contributed by atoms with E-state index in [0.717, 1.165) is 19.1 Å². The molecule has 0 saturated carbocycles. The molecule has 7 aromatic rings. The third-order valence-electron chi connectivity index (χ3n) is 9.25. The first kappa shape index (κ1) is 35.5. The topological polar surface area (TPSA) is 149 Å². The lowest BCUT2D eigenvalue weighted by Crippen LogP contribution is -2.17. The molecule has 3 aromatic carbocycles. The molecule has 2 aliphatic rings. The van der Waals surface area contributed by atoms with Gasteiger partial charge in [-0.2, -0.15) is 4.98 Å². The molecule has 0 N–H and O–H groups in total. The molecule has 55 heavy (non-hydrogen) atoms. The lowest BCUT2D eigenvalue weighted by atomic mass is 10.0. The van der Waals surface area contributed by atoms with Gasteiger partial charge in [0.15, 0.2) is 0 Å². The summed E-state index contributed by atoms with van der Waals surface area (Å²) < 4.78 is 63.2. The molecule has 0 bridgehead atoms. The van der Waals surface area contributed by atoms with Crippen LogP contribution in [0.3, 0.4) is 0 Å². The third kappa shape index (κ3) is 6.87. The van der Waals surface area contributed by atoms with E-state index >= 15 is 0 Å². The van der Waals surface area contributed by atoms with E-state index in [1.54, 1.807) is 44.5 Å². The molecule has 4 aromatic heterocycles. The molecular formula is C39H32F2N8O5S. The Morgan fingerprint density at radius 1 is 0.600 bits per heavy atom. The highest BCUT2D eigenvalue weighted by Gasteiger charge is 2.28. The minimum Gasteiger partial charge on any atom is -0.424 e. The summed E-state index contributed by atoms with van der Waals surface area (Å²) in [6.45, 7) is 2.54. The van der Waals surface area contributed by atoms with E-state index in [0.29, 0.717) is 77.0 Å². The second kappa shape index (κ2) is 14.4. The molecule has 0 amide bonds. The van der Waals surface area contributed by atoms with Crippen molar-refractivity contribution in [2.75, 3.05) is 6.26 Å². The lowest BCUT2D eigenvalue weighted by molar-refractivity contribution is 0.442. The molecule has 0 atom stereocenters. The van der Waals surface area contributed by atoms with E-state index in [9.17, 15) is 26.8 Å². The number of para-hydroxylation sites is 1. The van der Waals surface area contributed by atoms with Crippen LogP contribution in [0.1, 0.15) is 12.8 Å². The standard InChI is InChI=1S/C22H17FN4O2.C17H15FN4O3S/c23-16-9-7-15(8-10-16)19-20(26-13-4-14-27(26)21(19)28)18-11-12-24-22(25-18)29-17-5-2-1-3-6-17;1-26(24,25)17-19-8-7-13(20-17)15-14(11-3-5-12(18)6-4-11)16(23)22-10-2-9-21(15)22/h1-3,5-12H,4,13-14H2;3-8H,2,9-10H2,1H3. The van der Waals surface area contributed by atoms with Crippen molar-refractivity contribution in [3.05, 3.63) is 136 Å². The second-order valence-corrected chi connectivity index (χ2v) is 14.8. The van der Waals surface area contributed by atoms with E-state index in [1.165, 1.54) is 42.6 Å². The summed E-state index contributed by atoms with van der Waals surface area (Å²) in [6, 6.07) is 24.4. The molecule has 16 heteroatoms. The average Bonchev–Trinajstić information content (AvgIpc) is 3.97. The molecule has 278 valence electrons. The molecule has 0 radical (unpaired) electrons. The van der Waals surface area contributed by atoms with Gasteiger partial charge in [0.05, 0.1) is 33.9 Å². The Kier molecular flexibility index (Phi) is 9.26. The highest BCUT2D eigenvalue weighted by Crippen LogP contribution is 2.33. The predicted octanol–water partition coefficient (Wildman–Crippen LogP) is 5.83. The van der Waals surface area contributed by atoms with Gasteiger partial charge < -0.3 is 4.74 Å². The van der Waals surface area contributed by atoms with Crippen LogP contribution in [0.15, 0.2) is 118 Å². The zero-order valence-electron chi connectivity index (χ0n) is 29.3. The number of rotatable bonds is 7. The normalized spacial score (nSPS) is 13.2. The number of sulfone groups is 1. The molecule has 0 fully saturated rings. The van der Waals surface area contributed by atoms with E-state index in [4.69, 9.17) is 4.74 Å². The Labute approximate surface area is 312 Å². The van der Waals surface area contributed by atoms with Crippen LogP contribution in [0.4, 0.5) is 8.78 Å². The third-order valence-corrected chi connectivity index (χ3v) is 10.1. The fraction of sp³-hybridized carbons (Fsp3) is 0.179. The molecule has 0 saturated heterocycles. The zero-order chi connectivity index (χ0) is 38.3. The fourth-order valence-electron chi connectivity index (χ4n) is 6.87. The summed E-state index contributed by atoms with van der Waals surface area (Å²) in [5.41, 5.74) is 3.94. The largest absolute Gasteiger partial charge is 0.424 e. The minimum atomic E-state index is -3.59. The van der Waals surface area contributed by atoms with Gasteiger partial charge in [-0.05, 0) is 72.5 Å². The number of ether oxygens (including phenoxy) is 1. The second-order valence-electron chi connectivity index (χ2n) is 12.9. The van der Waals surface area contributed by atoms with Gasteiger partial charge in [-0.25, -0.2) is 41.5 Å². The Morgan fingerprint density at radius 3 is 1.58 bits per heavy atom. The van der Waals surface area contributed by atoms with Crippen LogP contribution >= 0.6 is 0 Å². The van der Waals surface area contributed by atoms with Crippen molar-refractivity contribution in [2.24, 2.45) is 0 Å². The van der Waals surface area contributed by atoms with Crippen LogP contribution in [0.25, 0.3) is 45.0 Å². The van der Waals surface area contributed by atoms with Crippen molar-refractivity contribution < 1.29 is 21.9 Å². The molecule has 9 rings (SSSR count). The van der Waals surface area contributed by atoms with Crippen molar-refractivity contribution in [3.63, 3.8) is 0 Å². The molecule has 0 spiro atoms. The van der Waals surface area contributed by atoms with Crippen LogP contribution in [-0.2, 0) is 36.0 Å². The maximum absolute atomic E-state index is 13.4. The van der Waals surface area contributed by atoms with Gasteiger partial charge in [0.1, 0.15) is 17.4 Å². The smallest absolute Gasteiger partial charge is 0.322 e. The maximum atomic E-state index is 13.4. The fourth-order valence-corrected chi connectivity index (χ4v) is 7.39. The summed E-state index contributed by atoms with van der Waals surface area (Å²) >= 11 is 0. The number of fused-ring (bicyclic) bond motifs is 2. The van der Waals surface area contributed by atoms with Gasteiger partial charge in [-0.3, -0.25) is 19.0 Å². The van der Waals surface area contributed by atoms with Crippen molar-refractivity contribution in [1.29, 1.82) is 0 Å². The Balaban J connectivity index is 0.000000156. The minimum absolute atomic E-state index is 0.103. The van der Waals surface area contributed by atoms with Crippen LogP contribution in [0.5, 0.6) is 11.8 Å². The predicted molar refractivity (Wildman–Crippen MR) is 199 cm³/mol. The average molecular weight is 763 g/mol. The van der Waals surface area contributed by atoms with E-state index in [-0.39, 0.29) is 28.1 Å². The van der Waals surface area contributed by atoms with Crippen molar-refractivity contribution in [1.82, 2.24) is 38.7 Å². The number of nitrogens with zero attached hydrogens (tertiary/aromatic N) is 8. The lowest BCUT2D eigenvalue weighted by Gasteiger charge is -2.09. The van der Waals surface area contributed by atoms with Crippen LogP contribution < -0.4 is 15.9 Å². The van der Waals surface area contributed by atoms with Gasteiger partial charge in [0.25, 0.3) is 11.1 Å². The van der Waals surface area contributed by atoms with E-state index < -0.39 is 15.7 Å². The molecule has 2 aliphatic heterocycles. The SMILES string of the molecule is CS(=O)(=O)c1nccc(-c2c(-c3ccc(F)cc3)c(=O)n3n2CCC3)n1.O=c1c(-c2ccc(F)cc2)c(-c2ccnc(Oc3ccccc3)n2)n2n1CCC2. The summed E-state index contributed by atoms with van der Waals surface area (Å²) in [5, 5.41) is -0.300. The van der Waals surface area contributed by atoms with E-state index in [2.05, 4.69) is 19.9 Å². The Bertz CT molecular complexity index is 2780. The van der Waals surface area contributed by atoms with Gasteiger partial charge in [-0.1, -0.05) is 42.5 Å². The van der Waals surface area contributed by atoms with Crippen molar-refractivity contribution >= 4 is 9.84 Å². The highest BCUT2D eigenvalue weighted by molar-refractivity contribution is 7.90. The number of hydrogen-bond acceptors (Lipinski definition) is 9. The van der Waals surface area contributed by atoms with Crippen LogP contribution in [0.2, 0.25) is 0 Å². The molecule has 13 nitrogen and oxygen atoms in total. The van der Waals surface area contributed by atoms with Gasteiger partial charge in [0.2, 0.25) is 15.0 Å². The summed E-state index contributed by atoms with van der Waals surface area (Å²) in [7, 11) is -3.59. The first-order valence-corrected chi connectivity index (χ1v) is 19.2. The van der Waals surface area contributed by atoms with Gasteiger partial charge >= 0.3 is 6.01 Å². The summed E-state index contributed by atoms with van der Waals surface area (Å²) in [6.07, 6.45) is 5.68. The summed E-state index contributed by atoms with van der Waals surface area (Å²) in [5.74, 6) is -0.117. The number of hydrogen-bond donors (Lipinski definition) is 0. The van der Waals surface area contributed by atoms with Crippen LogP contribution in [-0.4, -0.2) is 53.3 Å². The van der Waals surface area contributed by atoms with Gasteiger partial charge in [-0.15, -0.1) is 0 Å². The zero-order valence-corrected chi connectivity index (χ0v) is 30.2. The molecule has 0 aliphatic carbocycles.